The van der Waals surface area contributed by atoms with Crippen molar-refractivity contribution in [3.63, 3.8) is 0 Å². The van der Waals surface area contributed by atoms with E-state index in [9.17, 15) is 0 Å². The first-order valence-corrected chi connectivity index (χ1v) is 6.39. The van der Waals surface area contributed by atoms with Gasteiger partial charge in [0.2, 0.25) is 0 Å². The molecule has 16 heavy (non-hydrogen) atoms. The zero-order valence-electron chi connectivity index (χ0n) is 9.90. The van der Waals surface area contributed by atoms with Gasteiger partial charge in [0.1, 0.15) is 0 Å². The van der Waals surface area contributed by atoms with Crippen molar-refractivity contribution in [2.45, 2.75) is 26.3 Å². The predicted molar refractivity (Wildman–Crippen MR) is 68.9 cm³/mol. The minimum absolute atomic E-state index is 0.392. The van der Waals surface area contributed by atoms with Crippen LogP contribution in [0, 0.1) is 6.92 Å². The smallest absolute Gasteiger partial charge is 0.0825 e. The third-order valence-electron chi connectivity index (χ3n) is 2.64. The van der Waals surface area contributed by atoms with E-state index in [0.717, 1.165) is 17.8 Å². The second-order valence-corrected chi connectivity index (χ2v) is 4.90. The highest BCUT2D eigenvalue weighted by Gasteiger charge is 2.12. The van der Waals surface area contributed by atoms with E-state index in [4.69, 9.17) is 0 Å². The summed E-state index contributed by atoms with van der Waals surface area (Å²) in [4.78, 5) is 1.38. The molecule has 0 amide bonds. The Morgan fingerprint density at radius 2 is 2.38 bits per heavy atom. The van der Waals surface area contributed by atoms with Crippen LogP contribution in [-0.4, -0.2) is 9.78 Å². The van der Waals surface area contributed by atoms with E-state index < -0.39 is 0 Å². The molecule has 2 aromatic heterocycles. The second kappa shape index (κ2) is 4.70. The van der Waals surface area contributed by atoms with Gasteiger partial charge in [0.15, 0.2) is 0 Å². The first-order valence-electron chi connectivity index (χ1n) is 5.51. The summed E-state index contributed by atoms with van der Waals surface area (Å²) in [5, 5.41) is 10.0. The first kappa shape index (κ1) is 11.2. The van der Waals surface area contributed by atoms with Gasteiger partial charge in [-0.2, -0.15) is 5.10 Å². The second-order valence-electron chi connectivity index (χ2n) is 3.92. The summed E-state index contributed by atoms with van der Waals surface area (Å²) in [6, 6.07) is 4.67. The molecule has 4 heteroatoms. The van der Waals surface area contributed by atoms with Crippen LogP contribution in [0.25, 0.3) is 0 Å². The Bertz CT molecular complexity index is 445. The van der Waals surface area contributed by atoms with E-state index in [1.807, 2.05) is 24.9 Å². The molecule has 2 aromatic rings. The van der Waals surface area contributed by atoms with Crippen LogP contribution >= 0.6 is 11.3 Å². The lowest BCUT2D eigenvalue weighted by molar-refractivity contribution is 0.755. The summed E-state index contributed by atoms with van der Waals surface area (Å²) in [5.41, 5.74) is 2.18. The van der Waals surface area contributed by atoms with Crippen LogP contribution in [-0.2, 0) is 7.05 Å². The van der Waals surface area contributed by atoms with Crippen molar-refractivity contribution >= 4 is 17.0 Å². The molecular weight excluding hydrogens is 218 g/mol. The average molecular weight is 235 g/mol. The third kappa shape index (κ3) is 2.27. The molecule has 1 unspecified atom stereocenters. The summed E-state index contributed by atoms with van der Waals surface area (Å²) in [6.07, 6.45) is 3.11. The number of aromatic nitrogens is 2. The van der Waals surface area contributed by atoms with Crippen molar-refractivity contribution < 1.29 is 0 Å². The zero-order chi connectivity index (χ0) is 11.5. The summed E-state index contributed by atoms with van der Waals surface area (Å²) < 4.78 is 1.85. The molecule has 0 radical (unpaired) electrons. The molecule has 0 saturated heterocycles. The number of nitrogens with zero attached hydrogens (tertiary/aromatic N) is 2. The van der Waals surface area contributed by atoms with Crippen LogP contribution in [0.2, 0.25) is 0 Å². The molecule has 1 N–H and O–H groups in total. The number of hydrogen-bond acceptors (Lipinski definition) is 3. The van der Waals surface area contributed by atoms with Gasteiger partial charge < -0.3 is 5.32 Å². The van der Waals surface area contributed by atoms with Gasteiger partial charge in [-0.1, -0.05) is 13.0 Å². The van der Waals surface area contributed by atoms with Gasteiger partial charge in [0.25, 0.3) is 0 Å². The van der Waals surface area contributed by atoms with Crippen molar-refractivity contribution in [3.05, 3.63) is 34.3 Å². The number of anilines is 1. The van der Waals surface area contributed by atoms with Gasteiger partial charge in [0, 0.05) is 18.1 Å². The largest absolute Gasteiger partial charge is 0.375 e. The van der Waals surface area contributed by atoms with E-state index in [1.54, 1.807) is 11.3 Å². The molecule has 0 aliphatic carbocycles. The van der Waals surface area contributed by atoms with Crippen LogP contribution in [0.5, 0.6) is 0 Å². The Labute approximate surface area is 100 Å². The van der Waals surface area contributed by atoms with Crippen LogP contribution in [0.4, 0.5) is 5.69 Å². The SMILES string of the molecule is CCC(Nc1cn(C)nc1C)c1cccs1. The highest BCUT2D eigenvalue weighted by molar-refractivity contribution is 7.10. The fourth-order valence-electron chi connectivity index (χ4n) is 1.79. The lowest BCUT2D eigenvalue weighted by Gasteiger charge is -2.15. The molecular formula is C12H17N3S. The number of aryl methyl sites for hydroxylation is 2. The maximum atomic E-state index is 4.34. The van der Waals surface area contributed by atoms with Crippen LogP contribution < -0.4 is 5.32 Å². The number of hydrogen-bond donors (Lipinski definition) is 1. The summed E-state index contributed by atoms with van der Waals surface area (Å²) in [7, 11) is 1.95. The van der Waals surface area contributed by atoms with Gasteiger partial charge in [-0.3, -0.25) is 4.68 Å². The van der Waals surface area contributed by atoms with Crippen molar-refractivity contribution in [2.75, 3.05) is 5.32 Å². The molecule has 3 nitrogen and oxygen atoms in total. The summed E-state index contributed by atoms with van der Waals surface area (Å²) in [5.74, 6) is 0. The molecule has 0 saturated carbocycles. The van der Waals surface area contributed by atoms with Gasteiger partial charge in [-0.25, -0.2) is 0 Å². The molecule has 0 spiro atoms. The van der Waals surface area contributed by atoms with Crippen LogP contribution in [0.15, 0.2) is 23.7 Å². The van der Waals surface area contributed by atoms with Crippen molar-refractivity contribution in [2.24, 2.45) is 7.05 Å². The standard InChI is InChI=1S/C12H17N3S/c1-4-10(12-6-5-7-16-12)13-11-8-15(3)14-9(11)2/h5-8,10,13H,4H2,1-3H3. The van der Waals surface area contributed by atoms with Gasteiger partial charge >= 0.3 is 0 Å². The molecule has 0 aliphatic heterocycles. The van der Waals surface area contributed by atoms with E-state index in [1.165, 1.54) is 4.88 Å². The van der Waals surface area contributed by atoms with Crippen molar-refractivity contribution in [1.82, 2.24) is 9.78 Å². The highest BCUT2D eigenvalue weighted by atomic mass is 32.1. The van der Waals surface area contributed by atoms with Crippen LogP contribution in [0.1, 0.15) is 30.0 Å². The molecule has 2 heterocycles. The molecule has 0 bridgehead atoms. The van der Waals surface area contributed by atoms with Gasteiger partial charge in [-0.15, -0.1) is 11.3 Å². The number of thiophene rings is 1. The quantitative estimate of drug-likeness (QED) is 0.880. The van der Waals surface area contributed by atoms with Crippen molar-refractivity contribution in [1.29, 1.82) is 0 Å². The third-order valence-corrected chi connectivity index (χ3v) is 3.62. The Morgan fingerprint density at radius 3 is 2.88 bits per heavy atom. The molecule has 2 rings (SSSR count). The monoisotopic (exact) mass is 235 g/mol. The first-order chi connectivity index (χ1) is 7.70. The fraction of sp³-hybridized carbons (Fsp3) is 0.417. The molecule has 86 valence electrons. The minimum Gasteiger partial charge on any atom is -0.375 e. The summed E-state index contributed by atoms with van der Waals surface area (Å²) in [6.45, 7) is 4.23. The average Bonchev–Trinajstić information content (AvgIpc) is 2.85. The topological polar surface area (TPSA) is 29.9 Å². The van der Waals surface area contributed by atoms with E-state index in [0.29, 0.717) is 6.04 Å². The van der Waals surface area contributed by atoms with E-state index in [2.05, 4.69) is 34.9 Å². The van der Waals surface area contributed by atoms with Gasteiger partial charge in [-0.05, 0) is 24.8 Å². The molecule has 0 fully saturated rings. The molecule has 0 aromatic carbocycles. The Balaban J connectivity index is 2.16. The Hall–Kier alpha value is -1.29. The van der Waals surface area contributed by atoms with Gasteiger partial charge in [0.05, 0.1) is 17.4 Å². The number of rotatable bonds is 4. The molecule has 0 aliphatic rings. The highest BCUT2D eigenvalue weighted by Crippen LogP contribution is 2.27. The van der Waals surface area contributed by atoms with E-state index in [-0.39, 0.29) is 0 Å². The van der Waals surface area contributed by atoms with Crippen LogP contribution in [0.3, 0.4) is 0 Å². The molecule has 1 atom stereocenters. The lowest BCUT2D eigenvalue weighted by atomic mass is 10.2. The zero-order valence-corrected chi connectivity index (χ0v) is 10.7. The van der Waals surface area contributed by atoms with E-state index >= 15 is 0 Å². The summed E-state index contributed by atoms with van der Waals surface area (Å²) >= 11 is 1.80. The predicted octanol–water partition coefficient (Wildman–Crippen LogP) is 3.35. The maximum absolute atomic E-state index is 4.34. The maximum Gasteiger partial charge on any atom is 0.0825 e. The fourth-order valence-corrected chi connectivity index (χ4v) is 2.65. The minimum atomic E-state index is 0.392. The Kier molecular flexibility index (Phi) is 3.29. The lowest BCUT2D eigenvalue weighted by Crippen LogP contribution is -2.08. The Morgan fingerprint density at radius 1 is 1.56 bits per heavy atom. The normalized spacial score (nSPS) is 12.7. The number of nitrogens with one attached hydrogen (secondary N) is 1. The van der Waals surface area contributed by atoms with Crippen molar-refractivity contribution in [3.8, 4) is 0 Å².